The molecule has 0 bridgehead atoms. The molecule has 0 aliphatic heterocycles. The van der Waals surface area contributed by atoms with Gasteiger partial charge in [-0.15, -0.1) is 0 Å². The maximum atomic E-state index is 5.36. The van der Waals surface area contributed by atoms with Gasteiger partial charge in [0.25, 0.3) is 0 Å². The highest BCUT2D eigenvalue weighted by Crippen LogP contribution is 2.40. The van der Waals surface area contributed by atoms with Crippen molar-refractivity contribution in [3.63, 3.8) is 0 Å². The quantitative estimate of drug-likeness (QED) is 0.475. The van der Waals surface area contributed by atoms with Crippen molar-refractivity contribution in [2.24, 2.45) is 10.4 Å². The number of benzene rings is 1. The predicted molar refractivity (Wildman–Crippen MR) is 118 cm³/mol. The first kappa shape index (κ1) is 21.4. The van der Waals surface area contributed by atoms with Gasteiger partial charge in [0, 0.05) is 45.7 Å². The fourth-order valence-corrected chi connectivity index (χ4v) is 4.16. The number of hydrogen-bond donors (Lipinski definition) is 2. The molecule has 1 aliphatic rings. The molecule has 1 saturated carbocycles. The summed E-state index contributed by atoms with van der Waals surface area (Å²) in [6, 6.07) is 8.62. The first-order valence-electron chi connectivity index (χ1n) is 10.8. The first-order valence-corrected chi connectivity index (χ1v) is 10.8. The highest BCUT2D eigenvalue weighted by molar-refractivity contribution is 5.79. The molecule has 0 radical (unpaired) electrons. The second kappa shape index (κ2) is 11.0. The molecule has 158 valence electrons. The highest BCUT2D eigenvalue weighted by Gasteiger charge is 2.33. The van der Waals surface area contributed by atoms with Crippen LogP contribution in [0.1, 0.15) is 50.2 Å². The standard InChI is InChI=1S/C23H35N5O/c1-3-25-22(27-18-23(11-14-29-2)9-4-5-10-23)26-16-20-7-6-8-21(15-20)17-28-13-12-24-19-28/h6-8,12-13,15,19H,3-5,9-11,14,16-18H2,1-2H3,(H2,25,26,27). The van der Waals surface area contributed by atoms with Crippen LogP contribution in [0.5, 0.6) is 0 Å². The van der Waals surface area contributed by atoms with Gasteiger partial charge >= 0.3 is 0 Å². The summed E-state index contributed by atoms with van der Waals surface area (Å²) in [6.45, 7) is 6.26. The van der Waals surface area contributed by atoms with Crippen molar-refractivity contribution in [3.05, 3.63) is 54.1 Å². The molecule has 6 nitrogen and oxygen atoms in total. The molecule has 1 heterocycles. The number of aliphatic imine (C=N–C) groups is 1. The lowest BCUT2D eigenvalue weighted by Crippen LogP contribution is -2.43. The molecule has 1 aromatic carbocycles. The van der Waals surface area contributed by atoms with Gasteiger partial charge in [-0.05, 0) is 42.7 Å². The average molecular weight is 398 g/mol. The number of ether oxygens (including phenoxy) is 1. The molecule has 0 atom stereocenters. The summed E-state index contributed by atoms with van der Waals surface area (Å²) in [6.07, 6.45) is 12.0. The van der Waals surface area contributed by atoms with E-state index >= 15 is 0 Å². The van der Waals surface area contributed by atoms with Gasteiger partial charge in [0.1, 0.15) is 0 Å². The summed E-state index contributed by atoms with van der Waals surface area (Å²) in [4.78, 5) is 8.95. The number of methoxy groups -OCH3 is 1. The van der Waals surface area contributed by atoms with E-state index in [4.69, 9.17) is 9.73 Å². The van der Waals surface area contributed by atoms with Gasteiger partial charge in [0.15, 0.2) is 5.96 Å². The minimum absolute atomic E-state index is 0.344. The molecule has 6 heteroatoms. The fraction of sp³-hybridized carbons (Fsp3) is 0.565. The summed E-state index contributed by atoms with van der Waals surface area (Å²) in [5.41, 5.74) is 2.82. The van der Waals surface area contributed by atoms with E-state index in [0.29, 0.717) is 12.0 Å². The Morgan fingerprint density at radius 1 is 1.24 bits per heavy atom. The van der Waals surface area contributed by atoms with Gasteiger partial charge in [-0.1, -0.05) is 37.1 Å². The van der Waals surface area contributed by atoms with Crippen LogP contribution in [0.2, 0.25) is 0 Å². The Morgan fingerprint density at radius 3 is 2.79 bits per heavy atom. The van der Waals surface area contributed by atoms with Crippen LogP contribution in [-0.2, 0) is 17.8 Å². The lowest BCUT2D eigenvalue weighted by atomic mass is 9.83. The van der Waals surface area contributed by atoms with Gasteiger partial charge in [0.05, 0.1) is 12.9 Å². The number of aromatic nitrogens is 2. The van der Waals surface area contributed by atoms with Crippen molar-refractivity contribution in [3.8, 4) is 0 Å². The maximum absolute atomic E-state index is 5.36. The second-order valence-electron chi connectivity index (χ2n) is 8.05. The van der Waals surface area contributed by atoms with E-state index in [1.807, 2.05) is 18.7 Å². The molecular formula is C23H35N5O. The zero-order valence-corrected chi connectivity index (χ0v) is 17.9. The van der Waals surface area contributed by atoms with E-state index < -0.39 is 0 Å². The lowest BCUT2D eigenvalue weighted by molar-refractivity contribution is 0.138. The molecule has 2 aromatic rings. The van der Waals surface area contributed by atoms with E-state index in [2.05, 4.69) is 51.4 Å². The lowest BCUT2D eigenvalue weighted by Gasteiger charge is -2.30. The van der Waals surface area contributed by atoms with Crippen LogP contribution in [0.15, 0.2) is 48.0 Å². The highest BCUT2D eigenvalue weighted by atomic mass is 16.5. The third kappa shape index (κ3) is 6.60. The van der Waals surface area contributed by atoms with Crippen LogP contribution >= 0.6 is 0 Å². The Kier molecular flexibility index (Phi) is 8.11. The van der Waals surface area contributed by atoms with Crippen molar-refractivity contribution in [1.29, 1.82) is 0 Å². The number of hydrogen-bond acceptors (Lipinski definition) is 3. The molecule has 1 aliphatic carbocycles. The Hall–Kier alpha value is -2.34. The molecule has 1 fully saturated rings. The molecule has 0 unspecified atom stereocenters. The molecule has 29 heavy (non-hydrogen) atoms. The molecule has 2 N–H and O–H groups in total. The van der Waals surface area contributed by atoms with Crippen LogP contribution in [0.3, 0.4) is 0 Å². The van der Waals surface area contributed by atoms with Crippen LogP contribution in [-0.4, -0.2) is 42.3 Å². The van der Waals surface area contributed by atoms with Gasteiger partial charge < -0.3 is 19.9 Å². The average Bonchev–Trinajstić information content (AvgIpc) is 3.42. The van der Waals surface area contributed by atoms with E-state index in [0.717, 1.165) is 38.6 Å². The number of nitrogens with zero attached hydrogens (tertiary/aromatic N) is 3. The van der Waals surface area contributed by atoms with Crippen molar-refractivity contribution < 1.29 is 4.74 Å². The molecule has 3 rings (SSSR count). The van der Waals surface area contributed by atoms with E-state index in [1.54, 1.807) is 7.11 Å². The fourth-order valence-electron chi connectivity index (χ4n) is 4.16. The Balaban J connectivity index is 1.60. The molecule has 0 amide bonds. The summed E-state index contributed by atoms with van der Waals surface area (Å²) < 4.78 is 7.44. The summed E-state index contributed by atoms with van der Waals surface area (Å²) in [5, 5.41) is 7.00. The van der Waals surface area contributed by atoms with Gasteiger partial charge in [-0.2, -0.15) is 0 Å². The van der Waals surface area contributed by atoms with Crippen molar-refractivity contribution in [2.45, 2.75) is 52.1 Å². The summed E-state index contributed by atoms with van der Waals surface area (Å²) in [7, 11) is 1.79. The minimum atomic E-state index is 0.344. The molecule has 1 aromatic heterocycles. The predicted octanol–water partition coefficient (Wildman–Crippen LogP) is 3.58. The summed E-state index contributed by atoms with van der Waals surface area (Å²) in [5.74, 6) is 0.899. The topological polar surface area (TPSA) is 63.5 Å². The maximum Gasteiger partial charge on any atom is 0.191 e. The van der Waals surface area contributed by atoms with Crippen molar-refractivity contribution >= 4 is 5.96 Å². The van der Waals surface area contributed by atoms with Crippen molar-refractivity contribution in [1.82, 2.24) is 20.2 Å². The van der Waals surface area contributed by atoms with Crippen LogP contribution in [0.25, 0.3) is 0 Å². The van der Waals surface area contributed by atoms with Gasteiger partial charge in [-0.25, -0.2) is 9.98 Å². The zero-order chi connectivity index (χ0) is 20.4. The monoisotopic (exact) mass is 397 g/mol. The number of nitrogens with one attached hydrogen (secondary N) is 2. The van der Waals surface area contributed by atoms with E-state index in [1.165, 1.54) is 36.8 Å². The Labute approximate surface area is 174 Å². The molecule has 0 spiro atoms. The van der Waals surface area contributed by atoms with Gasteiger partial charge in [-0.3, -0.25) is 0 Å². The smallest absolute Gasteiger partial charge is 0.191 e. The van der Waals surface area contributed by atoms with Crippen LogP contribution < -0.4 is 10.6 Å². The van der Waals surface area contributed by atoms with Crippen LogP contribution in [0.4, 0.5) is 0 Å². The normalized spacial score (nSPS) is 16.1. The molecule has 0 saturated heterocycles. The van der Waals surface area contributed by atoms with Crippen molar-refractivity contribution in [2.75, 3.05) is 26.8 Å². The number of imidazole rings is 1. The van der Waals surface area contributed by atoms with Gasteiger partial charge in [0.2, 0.25) is 0 Å². The van der Waals surface area contributed by atoms with Crippen LogP contribution in [0, 0.1) is 5.41 Å². The third-order valence-electron chi connectivity index (χ3n) is 5.81. The number of rotatable bonds is 10. The minimum Gasteiger partial charge on any atom is -0.385 e. The number of guanidine groups is 1. The first-order chi connectivity index (χ1) is 14.2. The second-order valence-corrected chi connectivity index (χ2v) is 8.05. The molecular weight excluding hydrogens is 362 g/mol. The third-order valence-corrected chi connectivity index (χ3v) is 5.81. The summed E-state index contributed by atoms with van der Waals surface area (Å²) >= 11 is 0. The zero-order valence-electron chi connectivity index (χ0n) is 17.9. The largest absolute Gasteiger partial charge is 0.385 e. The van der Waals surface area contributed by atoms with E-state index in [9.17, 15) is 0 Å². The van der Waals surface area contributed by atoms with E-state index in [-0.39, 0.29) is 0 Å². The Morgan fingerprint density at radius 2 is 2.07 bits per heavy atom. The Bertz CT molecular complexity index is 750. The SMILES string of the molecule is CCNC(=NCc1cccc(Cn2ccnc2)c1)NCC1(CCOC)CCCC1.